The average molecular weight is 353 g/mol. The summed E-state index contributed by atoms with van der Waals surface area (Å²) in [7, 11) is 1.64. The number of anilines is 1. The monoisotopic (exact) mass is 353 g/mol. The van der Waals surface area contributed by atoms with Crippen molar-refractivity contribution in [1.29, 1.82) is 0 Å². The number of hydrogen-bond donors (Lipinski definition) is 3. The Kier molecular flexibility index (Phi) is 5.14. The van der Waals surface area contributed by atoms with Crippen molar-refractivity contribution < 1.29 is 14.6 Å². The summed E-state index contributed by atoms with van der Waals surface area (Å²) in [5.74, 6) is 0.575. The molecule has 1 aromatic heterocycles. The zero-order chi connectivity index (χ0) is 18.7. The predicted molar refractivity (Wildman–Crippen MR) is 103 cm³/mol. The first-order valence-electron chi connectivity index (χ1n) is 8.55. The smallest absolute Gasteiger partial charge is 0.251 e. The first-order valence-corrected chi connectivity index (χ1v) is 8.55. The number of aliphatic hydroxyl groups excluding tert-OH is 1. The number of methoxy groups -OCH3 is 1. The molecule has 0 fully saturated rings. The second-order valence-corrected chi connectivity index (χ2v) is 5.95. The molecule has 0 bridgehead atoms. The molecule has 6 nitrogen and oxygen atoms in total. The minimum Gasteiger partial charge on any atom is -0.497 e. The summed E-state index contributed by atoms with van der Waals surface area (Å²) < 4.78 is 7.48. The summed E-state index contributed by atoms with van der Waals surface area (Å²) in [5, 5.41) is 12.4. The number of hydrogen-bond acceptors (Lipinski definition) is 4. The van der Waals surface area contributed by atoms with Crippen molar-refractivity contribution in [1.82, 2.24) is 9.88 Å². The van der Waals surface area contributed by atoms with Gasteiger partial charge in [-0.3, -0.25) is 4.79 Å². The molecular formula is C20H23N3O3. The fraction of sp³-hybridized carbons (Fsp3) is 0.250. The van der Waals surface area contributed by atoms with E-state index < -0.39 is 0 Å². The van der Waals surface area contributed by atoms with Crippen LogP contribution in [-0.2, 0) is 6.54 Å². The standard InChI is InChI=1S/C20H23N3O3/c1-3-23-17-12-15(26-2)8-9-16(17)18(21)19(23)13-4-6-14(7-5-13)20(25)22-10-11-24/h4-9,12,24H,3,10-11,21H2,1-2H3,(H,22,25). The molecule has 3 rings (SSSR count). The van der Waals surface area contributed by atoms with Gasteiger partial charge in [-0.2, -0.15) is 0 Å². The number of benzene rings is 2. The van der Waals surface area contributed by atoms with Gasteiger partial charge in [-0.1, -0.05) is 12.1 Å². The van der Waals surface area contributed by atoms with E-state index in [-0.39, 0.29) is 19.1 Å². The molecule has 0 saturated carbocycles. The second-order valence-electron chi connectivity index (χ2n) is 5.95. The number of aryl methyl sites for hydroxylation is 1. The molecule has 6 heteroatoms. The highest BCUT2D eigenvalue weighted by Gasteiger charge is 2.17. The lowest BCUT2D eigenvalue weighted by atomic mass is 10.1. The van der Waals surface area contributed by atoms with Crippen molar-refractivity contribution in [3.8, 4) is 17.0 Å². The minimum absolute atomic E-state index is 0.0829. The second kappa shape index (κ2) is 7.49. The van der Waals surface area contributed by atoms with Crippen LogP contribution < -0.4 is 15.8 Å². The molecule has 0 aliphatic rings. The number of carbonyl (C=O) groups excluding carboxylic acids is 1. The molecule has 1 heterocycles. The van der Waals surface area contributed by atoms with E-state index in [4.69, 9.17) is 15.6 Å². The fourth-order valence-corrected chi connectivity index (χ4v) is 3.17. The largest absolute Gasteiger partial charge is 0.497 e. The fourth-order valence-electron chi connectivity index (χ4n) is 3.17. The summed E-state index contributed by atoms with van der Waals surface area (Å²) in [5.41, 5.74) is 10.6. The Hall–Kier alpha value is -2.99. The van der Waals surface area contributed by atoms with Crippen LogP contribution in [0.2, 0.25) is 0 Å². The lowest BCUT2D eigenvalue weighted by Gasteiger charge is -2.10. The first kappa shape index (κ1) is 17.8. The Balaban J connectivity index is 2.04. The molecule has 0 atom stereocenters. The van der Waals surface area contributed by atoms with E-state index in [2.05, 4.69) is 16.8 Å². The van der Waals surface area contributed by atoms with E-state index in [1.165, 1.54) is 0 Å². The Morgan fingerprint density at radius 1 is 1.23 bits per heavy atom. The van der Waals surface area contributed by atoms with E-state index >= 15 is 0 Å². The molecule has 0 spiro atoms. The number of nitrogens with one attached hydrogen (secondary N) is 1. The average Bonchev–Trinajstić information content (AvgIpc) is 2.97. The molecule has 3 aromatic rings. The number of rotatable bonds is 6. The third-order valence-corrected chi connectivity index (χ3v) is 4.45. The van der Waals surface area contributed by atoms with Gasteiger partial charge in [0, 0.05) is 35.7 Å². The molecule has 0 saturated heterocycles. The zero-order valence-corrected chi connectivity index (χ0v) is 15.0. The van der Waals surface area contributed by atoms with E-state index in [0.29, 0.717) is 11.3 Å². The van der Waals surface area contributed by atoms with Crippen molar-refractivity contribution >= 4 is 22.5 Å². The molecule has 0 radical (unpaired) electrons. The van der Waals surface area contributed by atoms with Gasteiger partial charge in [0.1, 0.15) is 5.75 Å². The Morgan fingerprint density at radius 2 is 1.96 bits per heavy atom. The number of aliphatic hydroxyl groups is 1. The number of nitrogens with zero attached hydrogens (tertiary/aromatic N) is 1. The minimum atomic E-state index is -0.209. The molecule has 136 valence electrons. The number of fused-ring (bicyclic) bond motifs is 1. The number of nitrogens with two attached hydrogens (primary N) is 1. The van der Waals surface area contributed by atoms with Crippen LogP contribution in [0.15, 0.2) is 42.5 Å². The van der Waals surface area contributed by atoms with Crippen LogP contribution in [0, 0.1) is 0 Å². The highest BCUT2D eigenvalue weighted by Crippen LogP contribution is 2.37. The maximum atomic E-state index is 12.0. The van der Waals surface area contributed by atoms with E-state index in [0.717, 1.165) is 34.5 Å². The van der Waals surface area contributed by atoms with Crippen LogP contribution in [-0.4, -0.2) is 35.8 Å². The number of aromatic nitrogens is 1. The van der Waals surface area contributed by atoms with Gasteiger partial charge in [0.15, 0.2) is 0 Å². The molecule has 4 N–H and O–H groups in total. The third-order valence-electron chi connectivity index (χ3n) is 4.45. The maximum Gasteiger partial charge on any atom is 0.251 e. The Bertz CT molecular complexity index is 930. The predicted octanol–water partition coefficient (Wildman–Crippen LogP) is 2.64. The van der Waals surface area contributed by atoms with Crippen LogP contribution in [0.1, 0.15) is 17.3 Å². The van der Waals surface area contributed by atoms with Gasteiger partial charge in [-0.05, 0) is 31.2 Å². The van der Waals surface area contributed by atoms with Crippen molar-refractivity contribution in [3.63, 3.8) is 0 Å². The number of amides is 1. The number of ether oxygens (including phenoxy) is 1. The Morgan fingerprint density at radius 3 is 2.58 bits per heavy atom. The normalized spacial score (nSPS) is 10.9. The van der Waals surface area contributed by atoms with Crippen molar-refractivity contribution in [2.24, 2.45) is 0 Å². The van der Waals surface area contributed by atoms with Crippen LogP contribution in [0.3, 0.4) is 0 Å². The van der Waals surface area contributed by atoms with Crippen molar-refractivity contribution in [2.75, 3.05) is 26.0 Å². The summed E-state index contributed by atoms with van der Waals surface area (Å²) in [4.78, 5) is 12.0. The summed E-state index contributed by atoms with van der Waals surface area (Å²) in [6.07, 6.45) is 0. The van der Waals surface area contributed by atoms with Gasteiger partial charge in [0.25, 0.3) is 5.91 Å². The van der Waals surface area contributed by atoms with Gasteiger partial charge >= 0.3 is 0 Å². The molecule has 1 amide bonds. The van der Waals surface area contributed by atoms with Gasteiger partial charge < -0.3 is 25.5 Å². The van der Waals surface area contributed by atoms with Crippen molar-refractivity contribution in [2.45, 2.75) is 13.5 Å². The van der Waals surface area contributed by atoms with Crippen LogP contribution in [0.25, 0.3) is 22.2 Å². The third kappa shape index (κ3) is 3.11. The number of carbonyl (C=O) groups is 1. The van der Waals surface area contributed by atoms with Crippen LogP contribution in [0.4, 0.5) is 5.69 Å². The van der Waals surface area contributed by atoms with E-state index in [1.807, 2.05) is 30.3 Å². The highest BCUT2D eigenvalue weighted by atomic mass is 16.5. The maximum absolute atomic E-state index is 12.0. The van der Waals surface area contributed by atoms with Gasteiger partial charge in [0.05, 0.1) is 30.6 Å². The summed E-state index contributed by atoms with van der Waals surface area (Å²) in [6.45, 7) is 2.98. The SMILES string of the molecule is CCn1c(-c2ccc(C(=O)NCCO)cc2)c(N)c2ccc(OC)cc21. The summed E-state index contributed by atoms with van der Waals surface area (Å²) in [6, 6.07) is 13.2. The molecular weight excluding hydrogens is 330 g/mol. The molecule has 2 aromatic carbocycles. The van der Waals surface area contributed by atoms with E-state index in [1.54, 1.807) is 19.2 Å². The van der Waals surface area contributed by atoms with Gasteiger partial charge in [-0.15, -0.1) is 0 Å². The van der Waals surface area contributed by atoms with Gasteiger partial charge in [-0.25, -0.2) is 0 Å². The topological polar surface area (TPSA) is 89.5 Å². The Labute approximate surface area is 152 Å². The number of nitrogen functional groups attached to an aromatic ring is 1. The molecule has 0 aliphatic heterocycles. The van der Waals surface area contributed by atoms with E-state index in [9.17, 15) is 4.79 Å². The molecule has 0 unspecified atom stereocenters. The summed E-state index contributed by atoms with van der Waals surface area (Å²) >= 11 is 0. The van der Waals surface area contributed by atoms with Crippen LogP contribution in [0.5, 0.6) is 5.75 Å². The lowest BCUT2D eigenvalue weighted by molar-refractivity contribution is 0.0945. The zero-order valence-electron chi connectivity index (χ0n) is 15.0. The van der Waals surface area contributed by atoms with Crippen molar-refractivity contribution in [3.05, 3.63) is 48.0 Å². The molecule has 26 heavy (non-hydrogen) atoms. The van der Waals surface area contributed by atoms with Gasteiger partial charge in [0.2, 0.25) is 0 Å². The molecule has 0 aliphatic carbocycles. The first-order chi connectivity index (χ1) is 12.6. The lowest BCUT2D eigenvalue weighted by Crippen LogP contribution is -2.26. The quantitative estimate of drug-likeness (QED) is 0.635. The van der Waals surface area contributed by atoms with Crippen LogP contribution >= 0.6 is 0 Å². The highest BCUT2D eigenvalue weighted by molar-refractivity contribution is 6.02.